The van der Waals surface area contributed by atoms with Crippen LogP contribution in [0.25, 0.3) is 0 Å². The van der Waals surface area contributed by atoms with E-state index in [1.807, 2.05) is 0 Å². The second-order valence-corrected chi connectivity index (χ2v) is 5.98. The highest BCUT2D eigenvalue weighted by atomic mass is 19.1. The molecular formula is C18H17FN2O3. The van der Waals surface area contributed by atoms with Gasteiger partial charge in [0.05, 0.1) is 11.3 Å². The van der Waals surface area contributed by atoms with Crippen LogP contribution in [0.1, 0.15) is 23.1 Å². The first-order valence-electron chi connectivity index (χ1n) is 7.78. The van der Waals surface area contributed by atoms with Gasteiger partial charge in [-0.15, -0.1) is 0 Å². The third kappa shape index (κ3) is 3.13. The van der Waals surface area contributed by atoms with Crippen LogP contribution in [0, 0.1) is 22.9 Å². The number of nitrogens with zero attached hydrogens (tertiary/aromatic N) is 2. The molecule has 0 N–H and O–H groups in total. The Balaban J connectivity index is 1.83. The minimum atomic E-state index is -0.468. The molecule has 124 valence electrons. The molecule has 24 heavy (non-hydrogen) atoms. The van der Waals surface area contributed by atoms with Gasteiger partial charge in [0.15, 0.2) is 0 Å². The van der Waals surface area contributed by atoms with Gasteiger partial charge in [0.2, 0.25) is 5.91 Å². The molecule has 1 aliphatic heterocycles. The van der Waals surface area contributed by atoms with Gasteiger partial charge in [-0.3, -0.25) is 14.9 Å². The molecule has 0 spiro atoms. The van der Waals surface area contributed by atoms with E-state index in [-0.39, 0.29) is 23.8 Å². The molecule has 6 heteroatoms. The van der Waals surface area contributed by atoms with Gasteiger partial charge >= 0.3 is 0 Å². The SMILES string of the molecule is Cc1cc(F)cc2c1N(C(=O)Cc1ccc([N+](=O)[O-])cc1)CCC2. The molecule has 0 saturated carbocycles. The van der Waals surface area contributed by atoms with Crippen molar-refractivity contribution in [1.82, 2.24) is 0 Å². The van der Waals surface area contributed by atoms with Crippen LogP contribution >= 0.6 is 0 Å². The maximum Gasteiger partial charge on any atom is 0.269 e. The highest BCUT2D eigenvalue weighted by molar-refractivity contribution is 5.96. The van der Waals surface area contributed by atoms with Crippen molar-refractivity contribution in [2.24, 2.45) is 0 Å². The van der Waals surface area contributed by atoms with Gasteiger partial charge < -0.3 is 4.90 Å². The van der Waals surface area contributed by atoms with E-state index in [0.29, 0.717) is 6.54 Å². The Hall–Kier alpha value is -2.76. The number of rotatable bonds is 3. The molecule has 0 atom stereocenters. The lowest BCUT2D eigenvalue weighted by atomic mass is 9.97. The summed E-state index contributed by atoms with van der Waals surface area (Å²) in [5.41, 5.74) is 3.13. The molecule has 0 aromatic heterocycles. The van der Waals surface area contributed by atoms with Gasteiger partial charge in [-0.25, -0.2) is 4.39 Å². The van der Waals surface area contributed by atoms with E-state index >= 15 is 0 Å². The Morgan fingerprint density at radius 2 is 2.00 bits per heavy atom. The van der Waals surface area contributed by atoms with Crippen molar-refractivity contribution in [2.75, 3.05) is 11.4 Å². The quantitative estimate of drug-likeness (QED) is 0.639. The number of nitro benzene ring substituents is 1. The third-order valence-corrected chi connectivity index (χ3v) is 4.25. The lowest BCUT2D eigenvalue weighted by Crippen LogP contribution is -2.37. The van der Waals surface area contributed by atoms with Crippen LogP contribution in [0.15, 0.2) is 36.4 Å². The molecule has 0 saturated heterocycles. The first-order valence-corrected chi connectivity index (χ1v) is 7.78. The molecule has 0 aliphatic carbocycles. The van der Waals surface area contributed by atoms with E-state index in [9.17, 15) is 19.3 Å². The number of carbonyl (C=O) groups is 1. The average molecular weight is 328 g/mol. The zero-order chi connectivity index (χ0) is 17.3. The van der Waals surface area contributed by atoms with E-state index in [1.165, 1.54) is 24.3 Å². The normalized spacial score (nSPS) is 13.5. The number of nitro groups is 1. The first-order chi connectivity index (χ1) is 11.5. The largest absolute Gasteiger partial charge is 0.312 e. The zero-order valence-corrected chi connectivity index (χ0v) is 13.3. The van der Waals surface area contributed by atoms with Crippen molar-refractivity contribution in [1.29, 1.82) is 0 Å². The van der Waals surface area contributed by atoms with Crippen LogP contribution in [0.4, 0.5) is 15.8 Å². The number of amides is 1. The van der Waals surface area contributed by atoms with Gasteiger partial charge in [-0.2, -0.15) is 0 Å². The maximum absolute atomic E-state index is 13.6. The molecule has 1 heterocycles. The topological polar surface area (TPSA) is 63.5 Å². The van der Waals surface area contributed by atoms with Crippen molar-refractivity contribution in [3.05, 3.63) is 69.0 Å². The standard InChI is InChI=1S/C18H17FN2O3/c1-12-9-15(19)11-14-3-2-8-20(18(12)14)17(22)10-13-4-6-16(7-5-13)21(23)24/h4-7,9,11H,2-3,8,10H2,1H3. The van der Waals surface area contributed by atoms with Crippen LogP contribution in [0.5, 0.6) is 0 Å². The Labute approximate surface area is 138 Å². The fraction of sp³-hybridized carbons (Fsp3) is 0.278. The van der Waals surface area contributed by atoms with Gasteiger partial charge in [0.25, 0.3) is 5.69 Å². The van der Waals surface area contributed by atoms with Gasteiger partial charge in [0.1, 0.15) is 5.82 Å². The Kier molecular flexibility index (Phi) is 4.29. The van der Waals surface area contributed by atoms with Gasteiger partial charge in [0, 0.05) is 24.4 Å². The van der Waals surface area contributed by atoms with E-state index in [4.69, 9.17) is 0 Å². The summed E-state index contributed by atoms with van der Waals surface area (Å²) in [6.45, 7) is 2.41. The van der Waals surface area contributed by atoms with Crippen molar-refractivity contribution >= 4 is 17.3 Å². The molecule has 0 unspecified atom stereocenters. The van der Waals surface area contributed by atoms with E-state index in [1.54, 1.807) is 24.0 Å². The monoisotopic (exact) mass is 328 g/mol. The van der Waals surface area contributed by atoms with Crippen molar-refractivity contribution in [2.45, 2.75) is 26.2 Å². The minimum absolute atomic E-state index is 0.000775. The number of fused-ring (bicyclic) bond motifs is 1. The summed E-state index contributed by atoms with van der Waals surface area (Å²) in [5.74, 6) is -0.365. The zero-order valence-electron chi connectivity index (χ0n) is 13.3. The average Bonchev–Trinajstić information content (AvgIpc) is 2.54. The second kappa shape index (κ2) is 6.39. The molecule has 2 aromatic rings. The molecule has 3 rings (SSSR count). The highest BCUT2D eigenvalue weighted by Gasteiger charge is 2.25. The molecule has 0 fully saturated rings. The molecule has 0 radical (unpaired) electrons. The number of anilines is 1. The number of hydrogen-bond donors (Lipinski definition) is 0. The fourth-order valence-corrected chi connectivity index (χ4v) is 3.18. The summed E-state index contributed by atoms with van der Waals surface area (Å²) in [7, 11) is 0. The number of halogens is 1. The predicted molar refractivity (Wildman–Crippen MR) is 88.6 cm³/mol. The van der Waals surface area contributed by atoms with Crippen LogP contribution in [-0.4, -0.2) is 17.4 Å². The smallest absolute Gasteiger partial charge is 0.269 e. The lowest BCUT2D eigenvalue weighted by Gasteiger charge is -2.31. The fourth-order valence-electron chi connectivity index (χ4n) is 3.18. The third-order valence-electron chi connectivity index (χ3n) is 4.25. The number of hydrogen-bond acceptors (Lipinski definition) is 3. The van der Waals surface area contributed by atoms with Crippen LogP contribution in [0.2, 0.25) is 0 Å². The van der Waals surface area contributed by atoms with Crippen molar-refractivity contribution in [3.8, 4) is 0 Å². The Morgan fingerprint density at radius 1 is 1.29 bits per heavy atom. The predicted octanol–water partition coefficient (Wildman–Crippen LogP) is 3.56. The van der Waals surface area contributed by atoms with E-state index in [2.05, 4.69) is 0 Å². The second-order valence-electron chi connectivity index (χ2n) is 5.98. The van der Waals surface area contributed by atoms with Crippen molar-refractivity contribution in [3.63, 3.8) is 0 Å². The van der Waals surface area contributed by atoms with Gasteiger partial charge in [-0.1, -0.05) is 12.1 Å². The molecular weight excluding hydrogens is 311 g/mol. The first kappa shape index (κ1) is 16.1. The Bertz CT molecular complexity index is 803. The lowest BCUT2D eigenvalue weighted by molar-refractivity contribution is -0.384. The maximum atomic E-state index is 13.6. The van der Waals surface area contributed by atoms with E-state index in [0.717, 1.165) is 35.2 Å². The minimum Gasteiger partial charge on any atom is -0.312 e. The van der Waals surface area contributed by atoms with Crippen LogP contribution in [-0.2, 0) is 17.6 Å². The number of aryl methyl sites for hydroxylation is 2. The number of benzene rings is 2. The highest BCUT2D eigenvalue weighted by Crippen LogP contribution is 2.32. The van der Waals surface area contributed by atoms with E-state index < -0.39 is 4.92 Å². The van der Waals surface area contributed by atoms with Crippen molar-refractivity contribution < 1.29 is 14.1 Å². The number of carbonyl (C=O) groups excluding carboxylic acids is 1. The van der Waals surface area contributed by atoms with Gasteiger partial charge in [-0.05, 0) is 48.6 Å². The summed E-state index contributed by atoms with van der Waals surface area (Å²) in [6, 6.07) is 8.92. The molecule has 0 bridgehead atoms. The van der Waals surface area contributed by atoms with Crippen LogP contribution in [0.3, 0.4) is 0 Å². The summed E-state index contributed by atoms with van der Waals surface area (Å²) in [5, 5.41) is 10.7. The molecule has 2 aromatic carbocycles. The summed E-state index contributed by atoms with van der Waals surface area (Å²) < 4.78 is 13.6. The summed E-state index contributed by atoms with van der Waals surface area (Å²) >= 11 is 0. The molecule has 1 aliphatic rings. The summed E-state index contributed by atoms with van der Waals surface area (Å²) in [4.78, 5) is 24.6. The van der Waals surface area contributed by atoms with Crippen LogP contribution < -0.4 is 4.90 Å². The summed E-state index contributed by atoms with van der Waals surface area (Å²) in [6.07, 6.45) is 1.71. The Morgan fingerprint density at radius 3 is 2.67 bits per heavy atom. The number of non-ortho nitro benzene ring substituents is 1. The molecule has 5 nitrogen and oxygen atoms in total. The molecule has 1 amide bonds.